The number of hydrogen-bond donors (Lipinski definition) is 2. The van der Waals surface area contributed by atoms with Gasteiger partial charge in [-0.3, -0.25) is 4.79 Å². The molecule has 0 aliphatic carbocycles. The van der Waals surface area contributed by atoms with E-state index in [9.17, 15) is 18.0 Å². The van der Waals surface area contributed by atoms with Gasteiger partial charge in [0.25, 0.3) is 5.56 Å². The van der Waals surface area contributed by atoms with Crippen LogP contribution >= 0.6 is 15.9 Å². The molecule has 78 valence electrons. The first kappa shape index (κ1) is 10.9. The van der Waals surface area contributed by atoms with Crippen molar-refractivity contribution in [1.82, 2.24) is 4.98 Å². The van der Waals surface area contributed by atoms with E-state index in [1.807, 2.05) is 0 Å². The minimum atomic E-state index is -4.86. The molecule has 0 aliphatic rings. The third kappa shape index (κ3) is 2.66. The molecule has 0 bridgehead atoms. The van der Waals surface area contributed by atoms with Crippen molar-refractivity contribution in [1.29, 1.82) is 0 Å². The number of nitrogens with two attached hydrogens (primary N) is 1. The number of H-pyrrole nitrogens is 1. The number of aromatic amines is 1. The lowest BCUT2D eigenvalue weighted by atomic mass is 10.4. The second-order valence-corrected chi connectivity index (χ2v) is 3.07. The number of ether oxygens (including phenoxy) is 1. The fraction of sp³-hybridized carbons (Fsp3) is 0.167. The molecule has 3 N–H and O–H groups in total. The molecule has 14 heavy (non-hydrogen) atoms. The Bertz CT molecular complexity index is 401. The van der Waals surface area contributed by atoms with Crippen molar-refractivity contribution < 1.29 is 17.9 Å². The van der Waals surface area contributed by atoms with E-state index in [1.165, 1.54) is 0 Å². The summed E-state index contributed by atoms with van der Waals surface area (Å²) >= 11 is 2.64. The Labute approximate surface area is 84.0 Å². The average molecular weight is 273 g/mol. The van der Waals surface area contributed by atoms with Gasteiger partial charge < -0.3 is 15.5 Å². The van der Waals surface area contributed by atoms with Crippen LogP contribution in [-0.4, -0.2) is 11.3 Å². The minimum absolute atomic E-state index is 0.211. The van der Waals surface area contributed by atoms with E-state index >= 15 is 0 Å². The van der Waals surface area contributed by atoms with E-state index < -0.39 is 17.7 Å². The van der Waals surface area contributed by atoms with Gasteiger partial charge in [-0.05, 0) is 15.9 Å². The van der Waals surface area contributed by atoms with E-state index in [0.717, 1.165) is 6.07 Å². The number of aromatic nitrogens is 1. The van der Waals surface area contributed by atoms with E-state index in [0.29, 0.717) is 0 Å². The number of pyridine rings is 1. The summed E-state index contributed by atoms with van der Waals surface area (Å²) in [4.78, 5) is 13.0. The molecule has 1 heterocycles. The fourth-order valence-electron chi connectivity index (χ4n) is 0.737. The zero-order chi connectivity index (χ0) is 10.9. The molecule has 0 saturated carbocycles. The van der Waals surface area contributed by atoms with Crippen molar-refractivity contribution in [2.24, 2.45) is 0 Å². The zero-order valence-electron chi connectivity index (χ0n) is 6.48. The molecule has 1 rings (SSSR count). The quantitative estimate of drug-likeness (QED) is 0.816. The highest BCUT2D eigenvalue weighted by Gasteiger charge is 2.32. The smallest absolute Gasteiger partial charge is 0.404 e. The molecule has 8 heteroatoms. The second kappa shape index (κ2) is 3.52. The van der Waals surface area contributed by atoms with Crippen LogP contribution in [0.15, 0.2) is 15.3 Å². The van der Waals surface area contributed by atoms with Gasteiger partial charge in [0.1, 0.15) is 10.3 Å². The van der Waals surface area contributed by atoms with Crippen LogP contribution in [0.5, 0.6) is 5.75 Å². The Morgan fingerprint density at radius 3 is 2.57 bits per heavy atom. The standard InChI is InChI=1S/C6H4BrF3N2O2/c7-4-2(14-6(8,9)10)1-3(11)12-5(4)13/h1H,(H3,11,12,13). The first-order valence-electron chi connectivity index (χ1n) is 3.23. The minimum Gasteiger partial charge on any atom is -0.404 e. The topological polar surface area (TPSA) is 68.1 Å². The summed E-state index contributed by atoms with van der Waals surface area (Å²) in [7, 11) is 0. The summed E-state index contributed by atoms with van der Waals surface area (Å²) in [5, 5.41) is 0. The number of halogens is 4. The van der Waals surface area contributed by atoms with Crippen molar-refractivity contribution in [2.75, 3.05) is 5.73 Å². The van der Waals surface area contributed by atoms with Gasteiger partial charge >= 0.3 is 6.36 Å². The lowest BCUT2D eigenvalue weighted by molar-refractivity contribution is -0.274. The number of alkyl halides is 3. The second-order valence-electron chi connectivity index (χ2n) is 2.28. The van der Waals surface area contributed by atoms with Crippen LogP contribution in [0.1, 0.15) is 0 Å². The van der Waals surface area contributed by atoms with Crippen LogP contribution in [0, 0.1) is 0 Å². The lowest BCUT2D eigenvalue weighted by Gasteiger charge is -2.09. The third-order valence-corrected chi connectivity index (χ3v) is 1.94. The monoisotopic (exact) mass is 272 g/mol. The van der Waals surface area contributed by atoms with Gasteiger partial charge in [0, 0.05) is 6.07 Å². The summed E-state index contributed by atoms with van der Waals surface area (Å²) in [5.74, 6) is -0.879. The first-order chi connectivity index (χ1) is 6.29. The number of nitrogens with one attached hydrogen (secondary N) is 1. The molecule has 0 unspecified atom stereocenters. The summed E-state index contributed by atoms with van der Waals surface area (Å²) in [5.41, 5.74) is 4.34. The number of nitrogen functional groups attached to an aromatic ring is 1. The van der Waals surface area contributed by atoms with Crippen LogP contribution < -0.4 is 16.0 Å². The Hall–Kier alpha value is -1.18. The Kier molecular flexibility index (Phi) is 2.74. The van der Waals surface area contributed by atoms with Crippen LogP contribution in [0.2, 0.25) is 0 Å². The average Bonchev–Trinajstić information content (AvgIpc) is 1.96. The summed E-state index contributed by atoms with van der Waals surface area (Å²) in [6.07, 6.45) is -4.86. The molecular formula is C6H4BrF3N2O2. The molecular weight excluding hydrogens is 269 g/mol. The molecule has 4 nitrogen and oxygen atoms in total. The highest BCUT2D eigenvalue weighted by molar-refractivity contribution is 9.10. The van der Waals surface area contributed by atoms with Crippen molar-refractivity contribution in [2.45, 2.75) is 6.36 Å². The highest BCUT2D eigenvalue weighted by atomic mass is 79.9. The van der Waals surface area contributed by atoms with E-state index in [2.05, 4.69) is 25.7 Å². The van der Waals surface area contributed by atoms with Gasteiger partial charge in [-0.1, -0.05) is 0 Å². The van der Waals surface area contributed by atoms with E-state index in [1.54, 1.807) is 0 Å². The lowest BCUT2D eigenvalue weighted by Crippen LogP contribution is -2.20. The molecule has 0 saturated heterocycles. The Balaban J connectivity index is 3.15. The van der Waals surface area contributed by atoms with E-state index in [-0.39, 0.29) is 10.3 Å². The van der Waals surface area contributed by atoms with Crippen LogP contribution in [-0.2, 0) is 0 Å². The van der Waals surface area contributed by atoms with Crippen LogP contribution in [0.25, 0.3) is 0 Å². The Morgan fingerprint density at radius 2 is 2.07 bits per heavy atom. The van der Waals surface area contributed by atoms with Gasteiger partial charge in [-0.15, -0.1) is 13.2 Å². The molecule has 0 fully saturated rings. The Morgan fingerprint density at radius 1 is 1.50 bits per heavy atom. The largest absolute Gasteiger partial charge is 0.573 e. The number of rotatable bonds is 1. The van der Waals surface area contributed by atoms with Gasteiger partial charge in [0.15, 0.2) is 5.75 Å². The zero-order valence-corrected chi connectivity index (χ0v) is 8.07. The normalized spacial score (nSPS) is 11.4. The fourth-order valence-corrected chi connectivity index (χ4v) is 1.03. The summed E-state index contributed by atoms with van der Waals surface area (Å²) in [6.45, 7) is 0. The maximum Gasteiger partial charge on any atom is 0.573 e. The molecule has 1 aromatic rings. The van der Waals surface area contributed by atoms with Crippen molar-refractivity contribution in [3.05, 3.63) is 20.9 Å². The first-order valence-corrected chi connectivity index (χ1v) is 4.03. The van der Waals surface area contributed by atoms with Crippen molar-refractivity contribution in [3.63, 3.8) is 0 Å². The van der Waals surface area contributed by atoms with Crippen LogP contribution in [0.3, 0.4) is 0 Å². The van der Waals surface area contributed by atoms with Gasteiger partial charge in [0.05, 0.1) is 0 Å². The molecule has 0 spiro atoms. The predicted octanol–water partition coefficient (Wildman–Crippen LogP) is 1.62. The molecule has 0 radical (unpaired) electrons. The van der Waals surface area contributed by atoms with Gasteiger partial charge in [-0.2, -0.15) is 0 Å². The van der Waals surface area contributed by atoms with E-state index in [4.69, 9.17) is 5.73 Å². The molecule has 0 atom stereocenters. The van der Waals surface area contributed by atoms with Crippen molar-refractivity contribution in [3.8, 4) is 5.75 Å². The summed E-state index contributed by atoms with van der Waals surface area (Å²) in [6, 6.07) is 0.860. The maximum atomic E-state index is 11.8. The van der Waals surface area contributed by atoms with Gasteiger partial charge in [-0.25, -0.2) is 0 Å². The molecule has 1 aromatic heterocycles. The molecule has 0 amide bonds. The maximum absolute atomic E-state index is 11.8. The van der Waals surface area contributed by atoms with Crippen molar-refractivity contribution >= 4 is 21.7 Å². The third-order valence-electron chi connectivity index (χ3n) is 1.19. The van der Waals surface area contributed by atoms with Crippen LogP contribution in [0.4, 0.5) is 19.0 Å². The SMILES string of the molecule is Nc1cc(OC(F)(F)F)c(Br)c(=O)[nH]1. The predicted molar refractivity (Wildman–Crippen MR) is 45.9 cm³/mol. The highest BCUT2D eigenvalue weighted by Crippen LogP contribution is 2.28. The number of anilines is 1. The molecule has 0 aromatic carbocycles. The summed E-state index contributed by atoms with van der Waals surface area (Å²) < 4.78 is 38.6. The number of hydrogen-bond acceptors (Lipinski definition) is 3. The van der Waals surface area contributed by atoms with Gasteiger partial charge in [0.2, 0.25) is 0 Å². The molecule has 0 aliphatic heterocycles.